The summed E-state index contributed by atoms with van der Waals surface area (Å²) in [6.45, 7) is 6.40. The number of hydrogen-bond acceptors (Lipinski definition) is 4. The van der Waals surface area contributed by atoms with Crippen molar-refractivity contribution in [3.63, 3.8) is 0 Å². The third kappa shape index (κ3) is 3.51. The summed E-state index contributed by atoms with van der Waals surface area (Å²) in [5.41, 5.74) is 4.08. The van der Waals surface area contributed by atoms with Crippen LogP contribution in [-0.4, -0.2) is 15.0 Å². The van der Waals surface area contributed by atoms with Gasteiger partial charge in [-0.15, -0.1) is 0 Å². The zero-order valence-corrected chi connectivity index (χ0v) is 15.7. The first-order valence-corrected chi connectivity index (χ1v) is 9.07. The highest BCUT2D eigenvalue weighted by Gasteiger charge is 2.13. The van der Waals surface area contributed by atoms with E-state index in [9.17, 15) is 0 Å². The van der Waals surface area contributed by atoms with Crippen molar-refractivity contribution in [2.24, 2.45) is 0 Å². The molecule has 0 N–H and O–H groups in total. The summed E-state index contributed by atoms with van der Waals surface area (Å²) in [6.07, 6.45) is 3.48. The summed E-state index contributed by atoms with van der Waals surface area (Å²) in [5.74, 6) is 2.45. The maximum Gasteiger partial charge on any atom is 0.230 e. The third-order valence-corrected chi connectivity index (χ3v) is 4.59. The molecule has 134 valence electrons. The Kier molecular flexibility index (Phi) is 4.55. The number of benzene rings is 2. The monoisotopic (exact) mass is 355 g/mol. The molecule has 0 radical (unpaired) electrons. The zero-order valence-electron chi connectivity index (χ0n) is 15.7. The standard InChI is InChI=1S/C23H21N3O/c1-15(2)18-9-8-16(3)21(14-18)27-23-19-6-4-5-7-20(19)25-22(26-23)17-10-12-24-13-11-17/h4-15H,1-3H3. The third-order valence-electron chi connectivity index (χ3n) is 4.59. The largest absolute Gasteiger partial charge is 0.438 e. The van der Waals surface area contributed by atoms with E-state index in [4.69, 9.17) is 14.7 Å². The Hall–Kier alpha value is -3.27. The van der Waals surface area contributed by atoms with Gasteiger partial charge in [0.25, 0.3) is 0 Å². The summed E-state index contributed by atoms with van der Waals surface area (Å²) in [6, 6.07) is 18.1. The van der Waals surface area contributed by atoms with Crippen molar-refractivity contribution in [2.75, 3.05) is 0 Å². The average Bonchev–Trinajstić information content (AvgIpc) is 2.70. The van der Waals surface area contributed by atoms with Crippen molar-refractivity contribution in [3.05, 3.63) is 78.1 Å². The first-order valence-electron chi connectivity index (χ1n) is 9.07. The normalized spacial score (nSPS) is 11.1. The molecule has 2 aromatic carbocycles. The lowest BCUT2D eigenvalue weighted by Crippen LogP contribution is -1.98. The minimum atomic E-state index is 0.433. The Morgan fingerprint density at radius 1 is 0.889 bits per heavy atom. The van der Waals surface area contributed by atoms with Crippen LogP contribution >= 0.6 is 0 Å². The fraction of sp³-hybridized carbons (Fsp3) is 0.174. The lowest BCUT2D eigenvalue weighted by atomic mass is 10.0. The molecule has 0 saturated heterocycles. The number of aromatic nitrogens is 3. The van der Waals surface area contributed by atoms with Gasteiger partial charge in [0.1, 0.15) is 5.75 Å². The smallest absolute Gasteiger partial charge is 0.230 e. The van der Waals surface area contributed by atoms with Crippen LogP contribution in [0.25, 0.3) is 22.3 Å². The Morgan fingerprint density at radius 2 is 1.67 bits per heavy atom. The van der Waals surface area contributed by atoms with Crippen LogP contribution < -0.4 is 4.74 Å². The number of ether oxygens (including phenoxy) is 1. The van der Waals surface area contributed by atoms with Gasteiger partial charge in [0, 0.05) is 18.0 Å². The molecule has 4 rings (SSSR count). The van der Waals surface area contributed by atoms with Crippen LogP contribution in [-0.2, 0) is 0 Å². The highest BCUT2D eigenvalue weighted by Crippen LogP contribution is 2.33. The van der Waals surface area contributed by atoms with Crippen LogP contribution in [0, 0.1) is 6.92 Å². The molecule has 0 spiro atoms. The van der Waals surface area contributed by atoms with E-state index in [0.717, 1.165) is 27.8 Å². The van der Waals surface area contributed by atoms with E-state index in [0.29, 0.717) is 17.6 Å². The van der Waals surface area contributed by atoms with E-state index in [1.165, 1.54) is 5.56 Å². The van der Waals surface area contributed by atoms with E-state index in [1.807, 2.05) is 43.3 Å². The second-order valence-corrected chi connectivity index (χ2v) is 6.89. The van der Waals surface area contributed by atoms with Gasteiger partial charge >= 0.3 is 0 Å². The van der Waals surface area contributed by atoms with Crippen molar-refractivity contribution < 1.29 is 4.74 Å². The van der Waals surface area contributed by atoms with E-state index < -0.39 is 0 Å². The van der Waals surface area contributed by atoms with Gasteiger partial charge in [0.15, 0.2) is 5.82 Å². The number of hydrogen-bond donors (Lipinski definition) is 0. The van der Waals surface area contributed by atoms with Gasteiger partial charge in [0.2, 0.25) is 5.88 Å². The fourth-order valence-corrected chi connectivity index (χ4v) is 2.95. The fourth-order valence-electron chi connectivity index (χ4n) is 2.95. The van der Waals surface area contributed by atoms with Crippen LogP contribution in [0.3, 0.4) is 0 Å². The minimum Gasteiger partial charge on any atom is -0.438 e. The first-order chi connectivity index (χ1) is 13.1. The first kappa shape index (κ1) is 17.2. The molecule has 27 heavy (non-hydrogen) atoms. The maximum atomic E-state index is 6.31. The van der Waals surface area contributed by atoms with Crippen molar-refractivity contribution in [1.29, 1.82) is 0 Å². The second kappa shape index (κ2) is 7.16. The molecule has 0 amide bonds. The van der Waals surface area contributed by atoms with Crippen molar-refractivity contribution in [1.82, 2.24) is 15.0 Å². The molecule has 0 bridgehead atoms. The molecular formula is C23H21N3O. The van der Waals surface area contributed by atoms with E-state index in [1.54, 1.807) is 12.4 Å². The molecule has 0 aliphatic carbocycles. The number of aryl methyl sites for hydroxylation is 1. The van der Waals surface area contributed by atoms with Gasteiger partial charge in [0.05, 0.1) is 10.9 Å². The number of para-hydroxylation sites is 1. The van der Waals surface area contributed by atoms with Crippen LogP contribution in [0.2, 0.25) is 0 Å². The van der Waals surface area contributed by atoms with Crippen molar-refractivity contribution in [3.8, 4) is 23.0 Å². The molecule has 0 aliphatic heterocycles. The van der Waals surface area contributed by atoms with E-state index in [2.05, 4.69) is 37.0 Å². The van der Waals surface area contributed by atoms with Crippen LogP contribution in [0.1, 0.15) is 30.9 Å². The van der Waals surface area contributed by atoms with Crippen molar-refractivity contribution >= 4 is 10.9 Å². The van der Waals surface area contributed by atoms with Gasteiger partial charge in [-0.05, 0) is 54.3 Å². The minimum absolute atomic E-state index is 0.433. The predicted octanol–water partition coefficient (Wildman–Crippen LogP) is 5.92. The molecular weight excluding hydrogens is 334 g/mol. The molecule has 0 fully saturated rings. The predicted molar refractivity (Wildman–Crippen MR) is 108 cm³/mol. The van der Waals surface area contributed by atoms with E-state index >= 15 is 0 Å². The second-order valence-electron chi connectivity index (χ2n) is 6.89. The molecule has 4 nitrogen and oxygen atoms in total. The summed E-state index contributed by atoms with van der Waals surface area (Å²) in [4.78, 5) is 13.5. The molecule has 4 heteroatoms. The van der Waals surface area contributed by atoms with Gasteiger partial charge in [-0.1, -0.05) is 38.1 Å². The summed E-state index contributed by atoms with van der Waals surface area (Å²) in [7, 11) is 0. The highest BCUT2D eigenvalue weighted by molar-refractivity contribution is 5.85. The molecule has 0 atom stereocenters. The topological polar surface area (TPSA) is 47.9 Å². The Morgan fingerprint density at radius 3 is 2.44 bits per heavy atom. The molecule has 2 aromatic heterocycles. The average molecular weight is 355 g/mol. The van der Waals surface area contributed by atoms with E-state index in [-0.39, 0.29) is 0 Å². The molecule has 2 heterocycles. The highest BCUT2D eigenvalue weighted by atomic mass is 16.5. The lowest BCUT2D eigenvalue weighted by Gasteiger charge is -2.14. The molecule has 4 aromatic rings. The zero-order chi connectivity index (χ0) is 18.8. The quantitative estimate of drug-likeness (QED) is 0.456. The van der Waals surface area contributed by atoms with Crippen molar-refractivity contribution in [2.45, 2.75) is 26.7 Å². The Balaban J connectivity index is 1.85. The lowest BCUT2D eigenvalue weighted by molar-refractivity contribution is 0.464. The van der Waals surface area contributed by atoms with Gasteiger partial charge < -0.3 is 4.74 Å². The number of nitrogens with zero attached hydrogens (tertiary/aromatic N) is 3. The summed E-state index contributed by atoms with van der Waals surface area (Å²) in [5, 5.41) is 0.893. The molecule has 0 unspecified atom stereocenters. The number of fused-ring (bicyclic) bond motifs is 1. The summed E-state index contributed by atoms with van der Waals surface area (Å²) < 4.78 is 6.31. The van der Waals surface area contributed by atoms with Crippen LogP contribution in [0.4, 0.5) is 0 Å². The van der Waals surface area contributed by atoms with Crippen LogP contribution in [0.15, 0.2) is 67.0 Å². The number of pyridine rings is 1. The van der Waals surface area contributed by atoms with Gasteiger partial charge in [-0.2, -0.15) is 4.98 Å². The molecule has 0 saturated carbocycles. The SMILES string of the molecule is Cc1ccc(C(C)C)cc1Oc1nc(-c2ccncc2)nc2ccccc12. The van der Waals surface area contributed by atoms with Gasteiger partial charge in [-0.25, -0.2) is 4.98 Å². The Labute approximate surface area is 158 Å². The number of rotatable bonds is 4. The Bertz CT molecular complexity index is 1090. The van der Waals surface area contributed by atoms with Crippen LogP contribution in [0.5, 0.6) is 11.6 Å². The summed E-state index contributed by atoms with van der Waals surface area (Å²) >= 11 is 0. The molecule has 0 aliphatic rings. The maximum absolute atomic E-state index is 6.31. The van der Waals surface area contributed by atoms with Gasteiger partial charge in [-0.3, -0.25) is 4.98 Å².